The molecule has 7 heteroatoms. The number of anilines is 1. The summed E-state index contributed by atoms with van der Waals surface area (Å²) in [7, 11) is 0. The molecule has 1 aromatic heterocycles. The lowest BCUT2D eigenvalue weighted by molar-refractivity contribution is -0.119. The van der Waals surface area contributed by atoms with Gasteiger partial charge < -0.3 is 19.4 Å². The molecule has 0 saturated carbocycles. The molecule has 160 valence electrons. The molecular formula is C24H24N2O5. The summed E-state index contributed by atoms with van der Waals surface area (Å²) < 4.78 is 12.2. The third kappa shape index (κ3) is 5.01. The van der Waals surface area contributed by atoms with Crippen LogP contribution < -0.4 is 5.32 Å². The highest BCUT2D eigenvalue weighted by Gasteiger charge is 2.20. The Bertz CT molecular complexity index is 1100. The molecule has 0 atom stereocenters. The Morgan fingerprint density at radius 2 is 1.52 bits per heavy atom. The third-order valence-electron chi connectivity index (χ3n) is 4.70. The van der Waals surface area contributed by atoms with Gasteiger partial charge in [0, 0.05) is 17.1 Å². The van der Waals surface area contributed by atoms with Crippen molar-refractivity contribution in [1.82, 2.24) is 4.57 Å². The standard InChI is InChI=1S/C24H24N2O5/c1-4-30-23(28)19-12-8-9-13-21(19)25-22(27)15-31-24(29)20-14-16(2)26(17(20)3)18-10-6-5-7-11-18/h5-14H,4,15H2,1-3H3,(H,25,27). The van der Waals surface area contributed by atoms with Crippen LogP contribution in [0, 0.1) is 13.8 Å². The Hall–Kier alpha value is -3.87. The lowest BCUT2D eigenvalue weighted by Gasteiger charge is -2.11. The van der Waals surface area contributed by atoms with Gasteiger partial charge in [0.2, 0.25) is 0 Å². The number of benzene rings is 2. The molecule has 0 bridgehead atoms. The molecule has 0 spiro atoms. The number of esters is 2. The molecule has 0 fully saturated rings. The average molecular weight is 420 g/mol. The Kier molecular flexibility index (Phi) is 6.87. The molecular weight excluding hydrogens is 396 g/mol. The van der Waals surface area contributed by atoms with E-state index in [2.05, 4.69) is 5.32 Å². The Morgan fingerprint density at radius 3 is 2.23 bits per heavy atom. The fraction of sp³-hybridized carbons (Fsp3) is 0.208. The summed E-state index contributed by atoms with van der Waals surface area (Å²) in [5, 5.41) is 2.59. The van der Waals surface area contributed by atoms with Crippen LogP contribution in [0.1, 0.15) is 39.0 Å². The normalized spacial score (nSPS) is 10.4. The summed E-state index contributed by atoms with van der Waals surface area (Å²) in [6.07, 6.45) is 0. The molecule has 0 aliphatic rings. The Balaban J connectivity index is 1.67. The van der Waals surface area contributed by atoms with Gasteiger partial charge in [-0.1, -0.05) is 30.3 Å². The molecule has 1 amide bonds. The molecule has 1 heterocycles. The summed E-state index contributed by atoms with van der Waals surface area (Å²) in [5.41, 5.74) is 3.45. The van der Waals surface area contributed by atoms with E-state index in [9.17, 15) is 14.4 Å². The zero-order valence-corrected chi connectivity index (χ0v) is 17.7. The van der Waals surface area contributed by atoms with Gasteiger partial charge in [0.05, 0.1) is 23.4 Å². The predicted octanol–water partition coefficient (Wildman–Crippen LogP) is 4.07. The number of rotatable bonds is 7. The second-order valence-electron chi connectivity index (χ2n) is 6.85. The topological polar surface area (TPSA) is 86.6 Å². The van der Waals surface area contributed by atoms with Crippen LogP contribution in [0.3, 0.4) is 0 Å². The van der Waals surface area contributed by atoms with Crippen molar-refractivity contribution in [3.8, 4) is 5.69 Å². The lowest BCUT2D eigenvalue weighted by Crippen LogP contribution is -2.22. The summed E-state index contributed by atoms with van der Waals surface area (Å²) in [6.45, 7) is 5.17. The van der Waals surface area contributed by atoms with E-state index in [-0.39, 0.29) is 12.2 Å². The van der Waals surface area contributed by atoms with Gasteiger partial charge in [0.15, 0.2) is 6.61 Å². The van der Waals surface area contributed by atoms with Crippen molar-refractivity contribution in [2.75, 3.05) is 18.5 Å². The van der Waals surface area contributed by atoms with Crippen LogP contribution in [0.4, 0.5) is 5.69 Å². The number of nitrogens with one attached hydrogen (secondary N) is 1. The number of carbonyl (C=O) groups excluding carboxylic acids is 3. The van der Waals surface area contributed by atoms with Crippen LogP contribution in [0.25, 0.3) is 5.69 Å². The zero-order chi connectivity index (χ0) is 22.4. The summed E-state index contributed by atoms with van der Waals surface area (Å²) in [6, 6.07) is 17.9. The van der Waals surface area contributed by atoms with E-state index in [1.807, 2.05) is 48.7 Å². The van der Waals surface area contributed by atoms with Crippen molar-refractivity contribution >= 4 is 23.5 Å². The third-order valence-corrected chi connectivity index (χ3v) is 4.70. The van der Waals surface area contributed by atoms with E-state index >= 15 is 0 Å². The van der Waals surface area contributed by atoms with E-state index in [1.54, 1.807) is 37.3 Å². The molecule has 0 aliphatic heterocycles. The molecule has 0 unspecified atom stereocenters. The van der Waals surface area contributed by atoms with Crippen molar-refractivity contribution in [3.05, 3.63) is 83.2 Å². The molecule has 3 aromatic rings. The fourth-order valence-corrected chi connectivity index (χ4v) is 3.32. The summed E-state index contributed by atoms with van der Waals surface area (Å²) >= 11 is 0. The maximum absolute atomic E-state index is 12.6. The van der Waals surface area contributed by atoms with E-state index < -0.39 is 24.5 Å². The molecule has 2 aromatic carbocycles. The number of amides is 1. The first-order valence-corrected chi connectivity index (χ1v) is 9.89. The SMILES string of the molecule is CCOC(=O)c1ccccc1NC(=O)COC(=O)c1cc(C)n(-c2ccccc2)c1C. The van der Waals surface area contributed by atoms with Gasteiger partial charge in [-0.05, 0) is 51.1 Å². The van der Waals surface area contributed by atoms with Crippen LogP contribution in [-0.4, -0.2) is 35.6 Å². The number of ether oxygens (including phenoxy) is 2. The van der Waals surface area contributed by atoms with Crippen LogP contribution >= 0.6 is 0 Å². The largest absolute Gasteiger partial charge is 0.462 e. The lowest BCUT2D eigenvalue weighted by atomic mass is 10.2. The first-order chi connectivity index (χ1) is 14.9. The summed E-state index contributed by atoms with van der Waals surface area (Å²) in [5.74, 6) is -1.69. The number of aryl methyl sites for hydroxylation is 1. The molecule has 31 heavy (non-hydrogen) atoms. The molecule has 0 saturated heterocycles. The minimum atomic E-state index is -0.593. The number of hydrogen-bond donors (Lipinski definition) is 1. The van der Waals surface area contributed by atoms with Crippen LogP contribution in [-0.2, 0) is 14.3 Å². The highest BCUT2D eigenvalue weighted by atomic mass is 16.5. The van der Waals surface area contributed by atoms with Crippen molar-refractivity contribution in [2.24, 2.45) is 0 Å². The maximum atomic E-state index is 12.6. The molecule has 0 radical (unpaired) electrons. The first-order valence-electron chi connectivity index (χ1n) is 9.89. The number of carbonyl (C=O) groups is 3. The van der Waals surface area contributed by atoms with Gasteiger partial charge in [-0.25, -0.2) is 9.59 Å². The molecule has 7 nitrogen and oxygen atoms in total. The quantitative estimate of drug-likeness (QED) is 0.583. The van der Waals surface area contributed by atoms with Crippen LogP contribution in [0.2, 0.25) is 0 Å². The monoisotopic (exact) mass is 420 g/mol. The predicted molar refractivity (Wildman–Crippen MR) is 117 cm³/mol. The van der Waals surface area contributed by atoms with E-state index in [4.69, 9.17) is 9.47 Å². The smallest absolute Gasteiger partial charge is 0.340 e. The van der Waals surface area contributed by atoms with Gasteiger partial charge in [0.25, 0.3) is 5.91 Å². The minimum absolute atomic E-state index is 0.222. The number of nitrogens with zero attached hydrogens (tertiary/aromatic N) is 1. The highest BCUT2D eigenvalue weighted by Crippen LogP contribution is 2.21. The Labute approximate surface area is 180 Å². The van der Waals surface area contributed by atoms with E-state index in [1.165, 1.54) is 0 Å². The highest BCUT2D eigenvalue weighted by molar-refractivity contribution is 6.02. The van der Waals surface area contributed by atoms with Gasteiger partial charge in [-0.15, -0.1) is 0 Å². The van der Waals surface area contributed by atoms with E-state index in [0.29, 0.717) is 11.3 Å². The van der Waals surface area contributed by atoms with Crippen molar-refractivity contribution in [3.63, 3.8) is 0 Å². The molecule has 1 N–H and O–H groups in total. The minimum Gasteiger partial charge on any atom is -0.462 e. The fourth-order valence-electron chi connectivity index (χ4n) is 3.32. The van der Waals surface area contributed by atoms with Gasteiger partial charge in [-0.2, -0.15) is 0 Å². The van der Waals surface area contributed by atoms with Crippen molar-refractivity contribution < 1.29 is 23.9 Å². The second kappa shape index (κ2) is 9.75. The van der Waals surface area contributed by atoms with Crippen molar-refractivity contribution in [1.29, 1.82) is 0 Å². The second-order valence-corrected chi connectivity index (χ2v) is 6.85. The molecule has 3 rings (SSSR count). The van der Waals surface area contributed by atoms with Crippen LogP contribution in [0.15, 0.2) is 60.7 Å². The van der Waals surface area contributed by atoms with Gasteiger partial charge in [0.1, 0.15) is 0 Å². The zero-order valence-electron chi connectivity index (χ0n) is 17.7. The first kappa shape index (κ1) is 21.8. The Morgan fingerprint density at radius 1 is 0.871 bits per heavy atom. The van der Waals surface area contributed by atoms with Gasteiger partial charge >= 0.3 is 11.9 Å². The van der Waals surface area contributed by atoms with E-state index in [0.717, 1.165) is 17.1 Å². The number of para-hydroxylation sites is 2. The van der Waals surface area contributed by atoms with Gasteiger partial charge in [-0.3, -0.25) is 4.79 Å². The average Bonchev–Trinajstić information content (AvgIpc) is 3.07. The molecule has 0 aliphatic carbocycles. The van der Waals surface area contributed by atoms with Crippen LogP contribution in [0.5, 0.6) is 0 Å². The summed E-state index contributed by atoms with van der Waals surface area (Å²) in [4.78, 5) is 36.9. The maximum Gasteiger partial charge on any atom is 0.340 e. The number of hydrogen-bond acceptors (Lipinski definition) is 5. The van der Waals surface area contributed by atoms with Crippen molar-refractivity contribution in [2.45, 2.75) is 20.8 Å². The number of aromatic nitrogens is 1.